The van der Waals surface area contributed by atoms with E-state index in [1.54, 1.807) is 0 Å². The van der Waals surface area contributed by atoms with Crippen LogP contribution in [0.5, 0.6) is 0 Å². The number of halogens is 2. The Labute approximate surface area is 370 Å². The Kier molecular flexibility index (Phi) is 20.5. The van der Waals surface area contributed by atoms with E-state index >= 15 is 0 Å². The number of carbonyl (C=O) groups is 1. The van der Waals surface area contributed by atoms with E-state index in [2.05, 4.69) is 86.6 Å². The van der Waals surface area contributed by atoms with Gasteiger partial charge in [-0.3, -0.25) is 13.2 Å². The minimum atomic E-state index is -1.14. The third kappa shape index (κ3) is 16.2. The summed E-state index contributed by atoms with van der Waals surface area (Å²) in [5, 5.41) is 11.7. The second-order valence-electron chi connectivity index (χ2n) is 22.1. The monoisotopic (exact) mass is 884 g/mol. The van der Waals surface area contributed by atoms with Gasteiger partial charge in [0.15, 0.2) is 0 Å². The number of ether oxygens (including phenoxy) is 1. The van der Waals surface area contributed by atoms with Gasteiger partial charge in [-0.2, -0.15) is 0 Å². The lowest BCUT2D eigenvalue weighted by molar-refractivity contribution is -0.149. The summed E-state index contributed by atoms with van der Waals surface area (Å²) in [7, 11) is -0.750. The standard InChI is InChI=1S/C25H41ClO3S.C24H41ClO2S/c1-17(2)21(22(27)29-10)25(9,16-30(28)24(6,7)8)19-12-11-18(20(26)15-19)13-14-23(3,4)5;1-17(2)20(15-26)24(9,16-28(27)23(6,7)8)19-11-10-18(21(25)14-19)12-13-22(3,4)5/h11-12,15,17,21H,13-14,16H2,1-10H3;10-11,14,17,20,26H,12-13,15-16H2,1-9H3/t21?,25-,30+;20?,24-,28+/m00/s1. The Balaban J connectivity index is 0.000000581. The van der Waals surface area contributed by atoms with Gasteiger partial charge in [0.2, 0.25) is 0 Å². The number of rotatable bonds is 16. The highest BCUT2D eigenvalue weighted by Crippen LogP contribution is 2.43. The fourth-order valence-corrected chi connectivity index (χ4v) is 10.7. The molecule has 2 aromatic rings. The van der Waals surface area contributed by atoms with Crippen LogP contribution in [0.1, 0.15) is 160 Å². The number of hydrogen-bond acceptors (Lipinski definition) is 5. The number of aryl methyl sites for hydroxylation is 2. The van der Waals surface area contributed by atoms with Crippen molar-refractivity contribution < 1.29 is 23.1 Å². The number of methoxy groups -OCH3 is 1. The van der Waals surface area contributed by atoms with Gasteiger partial charge in [-0.25, -0.2) is 0 Å². The van der Waals surface area contributed by atoms with Crippen molar-refractivity contribution in [2.75, 3.05) is 25.2 Å². The molecular weight excluding hydrogens is 804 g/mol. The molecule has 5 nitrogen and oxygen atoms in total. The number of aliphatic hydroxyl groups is 1. The molecule has 0 saturated carbocycles. The first kappa shape index (κ1) is 54.8. The zero-order valence-corrected chi connectivity index (χ0v) is 43.0. The lowest BCUT2D eigenvalue weighted by Crippen LogP contribution is -2.47. The minimum absolute atomic E-state index is 0.00953. The van der Waals surface area contributed by atoms with Crippen molar-refractivity contribution in [1.29, 1.82) is 0 Å². The van der Waals surface area contributed by atoms with Crippen LogP contribution in [0.15, 0.2) is 36.4 Å². The first-order chi connectivity index (χ1) is 26.1. The lowest BCUT2D eigenvalue weighted by Gasteiger charge is -2.41. The summed E-state index contributed by atoms with van der Waals surface area (Å²) >= 11 is 13.4. The van der Waals surface area contributed by atoms with E-state index in [0.717, 1.165) is 53.0 Å². The Morgan fingerprint density at radius 1 is 0.638 bits per heavy atom. The van der Waals surface area contributed by atoms with E-state index in [9.17, 15) is 18.3 Å². The Morgan fingerprint density at radius 3 is 1.28 bits per heavy atom. The lowest BCUT2D eigenvalue weighted by atomic mass is 9.68. The fraction of sp³-hybridized carbons (Fsp3) is 0.735. The molecule has 0 spiro atoms. The predicted octanol–water partition coefficient (Wildman–Crippen LogP) is 13.0. The summed E-state index contributed by atoms with van der Waals surface area (Å²) in [6.45, 7) is 37.8. The molecule has 1 N–H and O–H groups in total. The van der Waals surface area contributed by atoms with Crippen LogP contribution in [0.3, 0.4) is 0 Å². The summed E-state index contributed by atoms with van der Waals surface area (Å²) in [6, 6.07) is 12.4. The molecule has 2 aromatic carbocycles. The molecule has 0 saturated heterocycles. The average Bonchev–Trinajstić information content (AvgIpc) is 3.05. The van der Waals surface area contributed by atoms with Gasteiger partial charge in [-0.1, -0.05) is 131 Å². The maximum absolute atomic E-state index is 13.2. The predicted molar refractivity (Wildman–Crippen MR) is 254 cm³/mol. The fourth-order valence-electron chi connectivity index (χ4n) is 7.51. The van der Waals surface area contributed by atoms with Crippen molar-refractivity contribution >= 4 is 50.8 Å². The molecule has 6 atom stereocenters. The van der Waals surface area contributed by atoms with Crippen LogP contribution in [-0.4, -0.2) is 54.2 Å². The van der Waals surface area contributed by atoms with Gasteiger partial charge >= 0.3 is 5.97 Å². The molecule has 9 heteroatoms. The number of aliphatic hydroxyl groups excluding tert-OH is 1. The van der Waals surface area contributed by atoms with Gasteiger partial charge in [0.1, 0.15) is 0 Å². The number of carbonyl (C=O) groups excluding carboxylic acids is 1. The van der Waals surface area contributed by atoms with Crippen molar-refractivity contribution in [2.45, 2.75) is 171 Å². The molecule has 0 aliphatic heterocycles. The first-order valence-electron chi connectivity index (χ1n) is 21.2. The highest BCUT2D eigenvalue weighted by atomic mass is 35.5. The van der Waals surface area contributed by atoms with Crippen LogP contribution in [0.2, 0.25) is 10.0 Å². The Bertz CT molecular complexity index is 1680. The van der Waals surface area contributed by atoms with Crippen molar-refractivity contribution in [3.63, 3.8) is 0 Å². The molecule has 334 valence electrons. The smallest absolute Gasteiger partial charge is 0.309 e. The third-order valence-electron chi connectivity index (χ3n) is 11.6. The quantitative estimate of drug-likeness (QED) is 0.170. The SMILES string of the molecule is CC(C)C(CO)[C@@](C)(C[S@@](=O)C(C)(C)C)c1ccc(CCC(C)(C)C)c(Cl)c1.COC(=O)C(C(C)C)[C@@](C)(C[S@@](=O)C(C)(C)C)c1ccc(CCC(C)(C)C)c(Cl)c1. The number of benzene rings is 2. The van der Waals surface area contributed by atoms with E-state index in [-0.39, 0.29) is 50.7 Å². The Hall–Kier alpha value is -1.25. The summed E-state index contributed by atoms with van der Waals surface area (Å²) in [4.78, 5) is 12.8. The normalized spacial score (nSPS) is 17.1. The van der Waals surface area contributed by atoms with Gasteiger partial charge in [0, 0.05) is 70.1 Å². The van der Waals surface area contributed by atoms with Crippen LogP contribution in [-0.2, 0) is 54.8 Å². The van der Waals surface area contributed by atoms with Gasteiger partial charge in [0.05, 0.1) is 13.0 Å². The van der Waals surface area contributed by atoms with Crippen molar-refractivity contribution in [3.05, 3.63) is 68.7 Å². The molecule has 0 aliphatic carbocycles. The van der Waals surface area contributed by atoms with Crippen LogP contribution in [0.4, 0.5) is 0 Å². The van der Waals surface area contributed by atoms with Crippen molar-refractivity contribution in [1.82, 2.24) is 0 Å². The zero-order chi connectivity index (χ0) is 45.4. The van der Waals surface area contributed by atoms with Crippen molar-refractivity contribution in [2.24, 2.45) is 34.5 Å². The molecule has 0 fully saturated rings. The molecule has 0 bridgehead atoms. The molecule has 0 radical (unpaired) electrons. The van der Waals surface area contributed by atoms with Gasteiger partial charge in [-0.05, 0) is 130 Å². The maximum Gasteiger partial charge on any atom is 0.309 e. The van der Waals surface area contributed by atoms with E-state index in [0.29, 0.717) is 16.5 Å². The molecule has 0 amide bonds. The average molecular weight is 886 g/mol. The number of hydrogen-bond donors (Lipinski definition) is 1. The molecular formula is C49H82Cl2O5S2. The Morgan fingerprint density at radius 2 is 1.00 bits per heavy atom. The highest BCUT2D eigenvalue weighted by molar-refractivity contribution is 7.86. The van der Waals surface area contributed by atoms with E-state index in [1.807, 2.05) is 74.4 Å². The molecule has 58 heavy (non-hydrogen) atoms. The van der Waals surface area contributed by atoms with Crippen LogP contribution in [0.25, 0.3) is 0 Å². The molecule has 0 aromatic heterocycles. The summed E-state index contributed by atoms with van der Waals surface area (Å²) in [5.74, 6) is 0.487. The molecule has 2 rings (SSSR count). The molecule has 0 heterocycles. The van der Waals surface area contributed by atoms with E-state index < -0.39 is 38.3 Å². The third-order valence-corrected chi connectivity index (χ3v) is 16.7. The summed E-state index contributed by atoms with van der Waals surface area (Å²) in [5.41, 5.74) is 3.70. The second-order valence-corrected chi connectivity index (χ2v) is 27.3. The van der Waals surface area contributed by atoms with Crippen molar-refractivity contribution in [3.8, 4) is 0 Å². The number of esters is 1. The molecule has 2 unspecified atom stereocenters. The van der Waals surface area contributed by atoms with Crippen LogP contribution in [0, 0.1) is 34.5 Å². The first-order valence-corrected chi connectivity index (χ1v) is 24.6. The van der Waals surface area contributed by atoms with Gasteiger partial charge in [0.25, 0.3) is 0 Å². The van der Waals surface area contributed by atoms with Crippen LogP contribution < -0.4 is 0 Å². The molecule has 0 aliphatic rings. The van der Waals surface area contributed by atoms with Gasteiger partial charge < -0.3 is 9.84 Å². The van der Waals surface area contributed by atoms with E-state index in [1.165, 1.54) is 7.11 Å². The van der Waals surface area contributed by atoms with Gasteiger partial charge in [-0.15, -0.1) is 0 Å². The maximum atomic E-state index is 13.2. The largest absolute Gasteiger partial charge is 0.469 e. The second kappa shape index (κ2) is 21.7. The minimum Gasteiger partial charge on any atom is -0.469 e. The topological polar surface area (TPSA) is 80.7 Å². The van der Waals surface area contributed by atoms with Crippen LogP contribution >= 0.6 is 23.2 Å². The zero-order valence-electron chi connectivity index (χ0n) is 39.9. The summed E-state index contributed by atoms with van der Waals surface area (Å²) < 4.78 is 30.7. The van der Waals surface area contributed by atoms with E-state index in [4.69, 9.17) is 27.9 Å². The highest BCUT2D eigenvalue weighted by Gasteiger charge is 2.46. The summed E-state index contributed by atoms with van der Waals surface area (Å²) in [6.07, 6.45) is 3.95.